The number of rotatable bonds is 6. The summed E-state index contributed by atoms with van der Waals surface area (Å²) < 4.78 is 20.3. The topological polar surface area (TPSA) is 56.2 Å². The van der Waals surface area contributed by atoms with Crippen LogP contribution in [0, 0.1) is 5.82 Å². The van der Waals surface area contributed by atoms with Crippen molar-refractivity contribution in [2.24, 2.45) is 0 Å². The van der Waals surface area contributed by atoms with Gasteiger partial charge in [0.1, 0.15) is 5.82 Å². The van der Waals surface area contributed by atoms with Crippen LogP contribution in [-0.4, -0.2) is 28.4 Å². The average molecular weight is 331 g/mol. The zero-order valence-electron chi connectivity index (χ0n) is 13.7. The maximum Gasteiger partial charge on any atom is 0.225 e. The average Bonchev–Trinajstić information content (AvgIpc) is 3.20. The lowest BCUT2D eigenvalue weighted by Crippen LogP contribution is -2.15. The summed E-state index contributed by atoms with van der Waals surface area (Å²) in [7, 11) is 0. The Morgan fingerprint density at radius 3 is 2.96 bits per heavy atom. The van der Waals surface area contributed by atoms with Crippen molar-refractivity contribution in [2.45, 2.75) is 44.8 Å². The van der Waals surface area contributed by atoms with Crippen LogP contribution >= 0.6 is 0 Å². The molecule has 2 atom stereocenters. The van der Waals surface area contributed by atoms with E-state index in [1.165, 1.54) is 12.1 Å². The highest BCUT2D eigenvalue weighted by molar-refractivity contribution is 5.90. The Hall–Kier alpha value is -2.21. The molecule has 1 aliphatic heterocycles. The molecular weight excluding hydrogens is 309 g/mol. The first-order valence-electron chi connectivity index (χ1n) is 8.29. The van der Waals surface area contributed by atoms with Gasteiger partial charge in [-0.3, -0.25) is 9.48 Å². The van der Waals surface area contributed by atoms with Crippen LogP contribution in [-0.2, 0) is 16.1 Å². The van der Waals surface area contributed by atoms with Crippen LogP contribution in [0.25, 0.3) is 0 Å². The Bertz CT molecular complexity index is 678. The molecule has 0 spiro atoms. The molecule has 1 fully saturated rings. The van der Waals surface area contributed by atoms with Crippen LogP contribution in [0.4, 0.5) is 10.1 Å². The van der Waals surface area contributed by atoms with Gasteiger partial charge in [0.15, 0.2) is 0 Å². The molecule has 1 N–H and O–H groups in total. The number of hydrogen-bond donors (Lipinski definition) is 1. The van der Waals surface area contributed by atoms with E-state index in [-0.39, 0.29) is 23.7 Å². The molecule has 1 amide bonds. The van der Waals surface area contributed by atoms with E-state index in [1.807, 2.05) is 13.1 Å². The predicted octanol–water partition coefficient (Wildman–Crippen LogP) is 3.33. The molecule has 128 valence electrons. The van der Waals surface area contributed by atoms with Gasteiger partial charge in [0.05, 0.1) is 24.5 Å². The smallest absolute Gasteiger partial charge is 0.225 e. The zero-order valence-corrected chi connectivity index (χ0v) is 13.7. The maximum absolute atomic E-state index is 13.0. The summed E-state index contributed by atoms with van der Waals surface area (Å²) in [5.41, 5.74) is 1.63. The van der Waals surface area contributed by atoms with Crippen molar-refractivity contribution < 1.29 is 13.9 Å². The minimum Gasteiger partial charge on any atom is -0.376 e. The van der Waals surface area contributed by atoms with Crippen LogP contribution in [0.1, 0.15) is 37.7 Å². The van der Waals surface area contributed by atoms with Gasteiger partial charge in [-0.25, -0.2) is 4.39 Å². The number of hydrogen-bond acceptors (Lipinski definition) is 3. The van der Waals surface area contributed by atoms with Gasteiger partial charge < -0.3 is 10.1 Å². The number of benzene rings is 1. The van der Waals surface area contributed by atoms with Gasteiger partial charge in [0, 0.05) is 19.2 Å². The van der Waals surface area contributed by atoms with E-state index in [9.17, 15) is 9.18 Å². The number of aromatic nitrogens is 2. The van der Waals surface area contributed by atoms with Gasteiger partial charge in [-0.15, -0.1) is 0 Å². The molecule has 2 aromatic rings. The fourth-order valence-corrected chi connectivity index (χ4v) is 2.92. The summed E-state index contributed by atoms with van der Waals surface area (Å²) in [6.07, 6.45) is 6.17. The summed E-state index contributed by atoms with van der Waals surface area (Å²) in [5.74, 6) is -0.329. The number of anilines is 1. The molecule has 1 aromatic heterocycles. The summed E-state index contributed by atoms with van der Waals surface area (Å²) in [4.78, 5) is 12.2. The second-order valence-corrected chi connectivity index (χ2v) is 6.29. The molecule has 0 bridgehead atoms. The first-order valence-corrected chi connectivity index (χ1v) is 8.29. The molecule has 3 rings (SSSR count). The van der Waals surface area contributed by atoms with E-state index in [0.717, 1.165) is 25.0 Å². The number of carbonyl (C=O) groups is 1. The number of carbonyl (C=O) groups excluding carboxylic acids is 1. The van der Waals surface area contributed by atoms with E-state index < -0.39 is 0 Å². The number of nitrogens with one attached hydrogen (secondary N) is 1. The van der Waals surface area contributed by atoms with Crippen molar-refractivity contribution in [1.29, 1.82) is 0 Å². The molecule has 6 heteroatoms. The van der Waals surface area contributed by atoms with Gasteiger partial charge in [-0.2, -0.15) is 5.10 Å². The lowest BCUT2D eigenvalue weighted by Gasteiger charge is -2.11. The Kier molecular flexibility index (Phi) is 5.25. The highest BCUT2D eigenvalue weighted by atomic mass is 19.1. The monoisotopic (exact) mass is 331 g/mol. The van der Waals surface area contributed by atoms with E-state index in [0.29, 0.717) is 18.7 Å². The van der Waals surface area contributed by atoms with Crippen LogP contribution in [0.15, 0.2) is 36.7 Å². The third-order valence-corrected chi connectivity index (χ3v) is 4.26. The van der Waals surface area contributed by atoms with E-state index in [2.05, 4.69) is 10.4 Å². The Balaban J connectivity index is 1.51. The van der Waals surface area contributed by atoms with Crippen molar-refractivity contribution in [1.82, 2.24) is 9.78 Å². The summed E-state index contributed by atoms with van der Waals surface area (Å²) >= 11 is 0. The van der Waals surface area contributed by atoms with Crippen molar-refractivity contribution in [2.75, 3.05) is 11.9 Å². The van der Waals surface area contributed by atoms with Crippen LogP contribution < -0.4 is 5.32 Å². The van der Waals surface area contributed by atoms with Crippen molar-refractivity contribution in [3.05, 3.63) is 48.0 Å². The molecule has 0 aliphatic carbocycles. The molecule has 2 heterocycles. The largest absolute Gasteiger partial charge is 0.376 e. The highest BCUT2D eigenvalue weighted by Crippen LogP contribution is 2.20. The minimum absolute atomic E-state index is 0.0209. The molecular formula is C18H22FN3O2. The number of amides is 1. The van der Waals surface area contributed by atoms with Gasteiger partial charge in [-0.05, 0) is 36.5 Å². The lowest BCUT2D eigenvalue weighted by molar-refractivity contribution is -0.116. The van der Waals surface area contributed by atoms with Gasteiger partial charge in [-0.1, -0.05) is 19.1 Å². The van der Waals surface area contributed by atoms with Crippen molar-refractivity contribution in [3.63, 3.8) is 0 Å². The van der Waals surface area contributed by atoms with Crippen LogP contribution in [0.3, 0.4) is 0 Å². The second-order valence-electron chi connectivity index (χ2n) is 6.29. The molecule has 1 saturated heterocycles. The highest BCUT2D eigenvalue weighted by Gasteiger charge is 2.17. The van der Waals surface area contributed by atoms with Crippen molar-refractivity contribution in [3.8, 4) is 0 Å². The van der Waals surface area contributed by atoms with Crippen molar-refractivity contribution >= 4 is 11.6 Å². The van der Waals surface area contributed by atoms with Gasteiger partial charge >= 0.3 is 0 Å². The summed E-state index contributed by atoms with van der Waals surface area (Å²) in [6.45, 7) is 3.48. The summed E-state index contributed by atoms with van der Waals surface area (Å²) in [5, 5.41) is 7.12. The van der Waals surface area contributed by atoms with E-state index >= 15 is 0 Å². The summed E-state index contributed by atoms with van der Waals surface area (Å²) in [6, 6.07) is 6.26. The molecule has 0 unspecified atom stereocenters. The standard InChI is InChI=1S/C18H22FN3O2/c1-13(14-4-6-15(19)7-5-14)9-18(23)21-16-10-20-22(11-16)12-17-3-2-8-24-17/h4-7,10-11,13,17H,2-3,8-9,12H2,1H3,(H,21,23)/t13-,17+/m0/s1. The first kappa shape index (κ1) is 16.6. The van der Waals surface area contributed by atoms with Gasteiger partial charge in [0.2, 0.25) is 5.91 Å². The first-order chi connectivity index (χ1) is 11.6. The molecule has 1 aliphatic rings. The zero-order chi connectivity index (χ0) is 16.9. The van der Waals surface area contributed by atoms with E-state index in [4.69, 9.17) is 4.74 Å². The second kappa shape index (κ2) is 7.57. The SMILES string of the molecule is C[C@@H](CC(=O)Nc1cnn(C[C@H]2CCCO2)c1)c1ccc(F)cc1. The third kappa shape index (κ3) is 4.41. The Morgan fingerprint density at radius 2 is 2.25 bits per heavy atom. The third-order valence-electron chi connectivity index (χ3n) is 4.26. The molecule has 0 saturated carbocycles. The number of ether oxygens (including phenoxy) is 1. The lowest BCUT2D eigenvalue weighted by atomic mass is 9.97. The molecule has 24 heavy (non-hydrogen) atoms. The normalized spacial score (nSPS) is 18.5. The Labute approximate surface area is 140 Å². The fraction of sp³-hybridized carbons (Fsp3) is 0.444. The number of halogens is 1. The quantitative estimate of drug-likeness (QED) is 0.883. The molecule has 0 radical (unpaired) electrons. The fourth-order valence-electron chi connectivity index (χ4n) is 2.92. The predicted molar refractivity (Wildman–Crippen MR) is 89.3 cm³/mol. The van der Waals surface area contributed by atoms with E-state index in [1.54, 1.807) is 23.0 Å². The number of nitrogens with zero attached hydrogens (tertiary/aromatic N) is 2. The maximum atomic E-state index is 13.0. The van der Waals surface area contributed by atoms with Crippen LogP contribution in [0.5, 0.6) is 0 Å². The van der Waals surface area contributed by atoms with Gasteiger partial charge in [0.25, 0.3) is 0 Å². The van der Waals surface area contributed by atoms with Crippen LogP contribution in [0.2, 0.25) is 0 Å². The minimum atomic E-state index is -0.269. The molecule has 5 nitrogen and oxygen atoms in total. The Morgan fingerprint density at radius 1 is 1.46 bits per heavy atom. The molecule has 1 aromatic carbocycles.